The van der Waals surface area contributed by atoms with Gasteiger partial charge in [-0.3, -0.25) is 14.6 Å². The van der Waals surface area contributed by atoms with Crippen LogP contribution in [0, 0.1) is 5.92 Å². The predicted molar refractivity (Wildman–Crippen MR) is 122 cm³/mol. The third-order valence-corrected chi connectivity index (χ3v) is 7.06. The first-order valence-electron chi connectivity index (χ1n) is 11.4. The molecule has 7 heteroatoms. The number of nitrogens with one attached hydrogen (secondary N) is 1. The van der Waals surface area contributed by atoms with E-state index in [-0.39, 0.29) is 17.9 Å². The standard InChI is InChI=1S/C25H29N5O2/c1-17-9-11-19(12-10-17)27-24(32)25(2)16-29-21-8-4-3-7-20(21)28-22(29)23(31)30(25)15-18-6-5-13-26-14-18/h3-8,13-14,17,19H,9-12,15-16H2,1-2H3,(H,27,32). The normalized spacial score (nSPS) is 25.6. The van der Waals surface area contributed by atoms with E-state index in [0.29, 0.717) is 24.8 Å². The van der Waals surface area contributed by atoms with Crippen molar-refractivity contribution >= 4 is 22.8 Å². The van der Waals surface area contributed by atoms with Gasteiger partial charge in [0.1, 0.15) is 5.54 Å². The van der Waals surface area contributed by atoms with Crippen molar-refractivity contribution in [3.8, 4) is 0 Å². The number of aromatic nitrogens is 3. The Balaban J connectivity index is 1.52. The molecule has 7 nitrogen and oxygen atoms in total. The van der Waals surface area contributed by atoms with E-state index < -0.39 is 5.54 Å². The van der Waals surface area contributed by atoms with Crippen LogP contribution in [0.5, 0.6) is 0 Å². The fraction of sp³-hybridized carbons (Fsp3) is 0.440. The van der Waals surface area contributed by atoms with E-state index in [9.17, 15) is 9.59 Å². The fourth-order valence-electron chi connectivity index (χ4n) is 5.00. The average Bonchev–Trinajstić information content (AvgIpc) is 3.17. The quantitative estimate of drug-likeness (QED) is 0.685. The molecule has 2 amide bonds. The van der Waals surface area contributed by atoms with Gasteiger partial charge >= 0.3 is 0 Å². The Morgan fingerprint density at radius 1 is 1.16 bits per heavy atom. The van der Waals surface area contributed by atoms with Crippen LogP contribution in [0.15, 0.2) is 48.8 Å². The largest absolute Gasteiger partial charge is 0.351 e. The molecule has 3 aromatic rings. The molecule has 1 aromatic carbocycles. The summed E-state index contributed by atoms with van der Waals surface area (Å²) in [6, 6.07) is 11.6. The van der Waals surface area contributed by atoms with Crippen LogP contribution in [0.2, 0.25) is 0 Å². The van der Waals surface area contributed by atoms with Gasteiger partial charge in [0.05, 0.1) is 17.6 Å². The van der Waals surface area contributed by atoms with Crippen molar-refractivity contribution in [1.82, 2.24) is 24.8 Å². The van der Waals surface area contributed by atoms with Crippen molar-refractivity contribution in [2.24, 2.45) is 5.92 Å². The van der Waals surface area contributed by atoms with Crippen molar-refractivity contribution in [3.63, 3.8) is 0 Å². The highest BCUT2D eigenvalue weighted by atomic mass is 16.2. The van der Waals surface area contributed by atoms with Crippen molar-refractivity contribution in [2.75, 3.05) is 0 Å². The summed E-state index contributed by atoms with van der Waals surface area (Å²) in [4.78, 5) is 37.9. The SMILES string of the molecule is CC1CCC(NC(=O)C2(C)Cn3c(nc4ccccc43)C(=O)N2Cc2cccnc2)CC1. The van der Waals surface area contributed by atoms with Gasteiger partial charge in [-0.15, -0.1) is 0 Å². The lowest BCUT2D eigenvalue weighted by atomic mass is 9.86. The molecule has 1 aliphatic heterocycles. The van der Waals surface area contributed by atoms with Crippen LogP contribution in [0.4, 0.5) is 0 Å². The maximum absolute atomic E-state index is 13.7. The van der Waals surface area contributed by atoms with Crippen LogP contribution in [-0.2, 0) is 17.9 Å². The molecular formula is C25H29N5O2. The first-order valence-corrected chi connectivity index (χ1v) is 11.4. The molecule has 2 aliphatic rings. The second-order valence-corrected chi connectivity index (χ2v) is 9.47. The van der Waals surface area contributed by atoms with Gasteiger partial charge in [0.2, 0.25) is 5.91 Å². The third kappa shape index (κ3) is 3.55. The zero-order valence-corrected chi connectivity index (χ0v) is 18.6. The molecule has 0 bridgehead atoms. The maximum Gasteiger partial charge on any atom is 0.291 e. The highest BCUT2D eigenvalue weighted by Crippen LogP contribution is 2.32. The van der Waals surface area contributed by atoms with E-state index in [4.69, 9.17) is 0 Å². The van der Waals surface area contributed by atoms with Gasteiger partial charge in [-0.2, -0.15) is 0 Å². The number of para-hydroxylation sites is 2. The second-order valence-electron chi connectivity index (χ2n) is 9.47. The summed E-state index contributed by atoms with van der Waals surface area (Å²) in [6.45, 7) is 4.81. The van der Waals surface area contributed by atoms with Gasteiger partial charge in [-0.05, 0) is 62.3 Å². The molecule has 3 heterocycles. The third-order valence-electron chi connectivity index (χ3n) is 7.06. The molecule has 1 N–H and O–H groups in total. The molecule has 0 saturated heterocycles. The van der Waals surface area contributed by atoms with E-state index in [1.807, 2.05) is 47.9 Å². The van der Waals surface area contributed by atoms with Gasteiger partial charge in [-0.1, -0.05) is 25.1 Å². The monoisotopic (exact) mass is 431 g/mol. The fourth-order valence-corrected chi connectivity index (χ4v) is 5.00. The number of hydrogen-bond donors (Lipinski definition) is 1. The van der Waals surface area contributed by atoms with Crippen LogP contribution in [-0.4, -0.2) is 42.8 Å². The molecule has 2 aromatic heterocycles. The van der Waals surface area contributed by atoms with Crippen molar-refractivity contribution in [1.29, 1.82) is 0 Å². The van der Waals surface area contributed by atoms with Crippen LogP contribution in [0.25, 0.3) is 11.0 Å². The van der Waals surface area contributed by atoms with E-state index >= 15 is 0 Å². The topological polar surface area (TPSA) is 80.1 Å². The number of hydrogen-bond acceptors (Lipinski definition) is 4. The number of imidazole rings is 1. The maximum atomic E-state index is 13.7. The number of fused-ring (bicyclic) bond motifs is 3. The predicted octanol–water partition coefficient (Wildman–Crippen LogP) is 3.54. The summed E-state index contributed by atoms with van der Waals surface area (Å²) in [5.74, 6) is 0.757. The number of nitrogens with zero attached hydrogens (tertiary/aromatic N) is 4. The molecule has 1 saturated carbocycles. The molecule has 5 rings (SSSR count). The zero-order valence-electron chi connectivity index (χ0n) is 18.6. The Morgan fingerprint density at radius 3 is 2.69 bits per heavy atom. The highest BCUT2D eigenvalue weighted by Gasteiger charge is 2.48. The lowest BCUT2D eigenvalue weighted by molar-refractivity contribution is -0.134. The molecular weight excluding hydrogens is 402 g/mol. The van der Waals surface area contributed by atoms with Crippen molar-refractivity contribution in [2.45, 2.75) is 64.2 Å². The number of carbonyl (C=O) groups is 2. The smallest absolute Gasteiger partial charge is 0.291 e. The zero-order chi connectivity index (χ0) is 22.3. The van der Waals surface area contributed by atoms with Gasteiger partial charge in [0.25, 0.3) is 5.91 Å². The second kappa shape index (κ2) is 8.04. The van der Waals surface area contributed by atoms with Crippen molar-refractivity contribution in [3.05, 3.63) is 60.2 Å². The Hall–Kier alpha value is -3.22. The summed E-state index contributed by atoms with van der Waals surface area (Å²) >= 11 is 0. The Morgan fingerprint density at radius 2 is 1.94 bits per heavy atom. The van der Waals surface area contributed by atoms with Crippen LogP contribution < -0.4 is 5.32 Å². The summed E-state index contributed by atoms with van der Waals surface area (Å²) in [7, 11) is 0. The number of pyridine rings is 1. The number of benzene rings is 1. The molecule has 1 aliphatic carbocycles. The van der Waals surface area contributed by atoms with E-state index in [2.05, 4.69) is 22.2 Å². The highest BCUT2D eigenvalue weighted by molar-refractivity contribution is 6.01. The summed E-state index contributed by atoms with van der Waals surface area (Å²) in [5.41, 5.74) is 1.49. The van der Waals surface area contributed by atoms with Crippen molar-refractivity contribution < 1.29 is 9.59 Å². The minimum Gasteiger partial charge on any atom is -0.351 e. The molecule has 0 spiro atoms. The Bertz CT molecular complexity index is 1150. The average molecular weight is 432 g/mol. The van der Waals surface area contributed by atoms with Gasteiger partial charge < -0.3 is 14.8 Å². The molecule has 0 radical (unpaired) electrons. The summed E-state index contributed by atoms with van der Waals surface area (Å²) < 4.78 is 1.90. The first-order chi connectivity index (χ1) is 15.5. The van der Waals surface area contributed by atoms with Gasteiger partial charge in [-0.25, -0.2) is 4.98 Å². The van der Waals surface area contributed by atoms with Crippen LogP contribution in [0.1, 0.15) is 55.7 Å². The number of amides is 2. The lowest BCUT2D eigenvalue weighted by Crippen LogP contribution is -2.64. The molecule has 1 unspecified atom stereocenters. The van der Waals surface area contributed by atoms with E-state index in [1.54, 1.807) is 17.3 Å². The molecule has 1 atom stereocenters. The number of carbonyl (C=O) groups excluding carboxylic acids is 2. The summed E-state index contributed by atoms with van der Waals surface area (Å²) in [6.07, 6.45) is 7.66. The van der Waals surface area contributed by atoms with Crippen LogP contribution >= 0.6 is 0 Å². The van der Waals surface area contributed by atoms with Gasteiger partial charge in [0, 0.05) is 25.0 Å². The molecule has 166 valence electrons. The number of rotatable bonds is 4. The minimum atomic E-state index is -1.04. The van der Waals surface area contributed by atoms with Gasteiger partial charge in [0.15, 0.2) is 5.82 Å². The first kappa shape index (κ1) is 20.7. The minimum absolute atomic E-state index is 0.0993. The molecule has 1 fully saturated rings. The van der Waals surface area contributed by atoms with E-state index in [1.165, 1.54) is 0 Å². The molecule has 32 heavy (non-hydrogen) atoms. The van der Waals surface area contributed by atoms with E-state index in [0.717, 1.165) is 42.3 Å². The summed E-state index contributed by atoms with van der Waals surface area (Å²) in [5, 5.41) is 3.27. The Kier molecular flexibility index (Phi) is 5.19. The van der Waals surface area contributed by atoms with Crippen LogP contribution in [0.3, 0.4) is 0 Å². The Labute approximate surface area is 187 Å². The lowest BCUT2D eigenvalue weighted by Gasteiger charge is -2.44.